The van der Waals surface area contributed by atoms with E-state index in [1.54, 1.807) is 4.68 Å². The van der Waals surface area contributed by atoms with Crippen LogP contribution in [0.1, 0.15) is 40.2 Å². The fourth-order valence-corrected chi connectivity index (χ4v) is 3.55. The summed E-state index contributed by atoms with van der Waals surface area (Å²) in [4.78, 5) is 12.8. The number of aromatic nitrogens is 2. The van der Waals surface area contributed by atoms with Gasteiger partial charge in [0.05, 0.1) is 10.2 Å². The molecule has 2 aromatic carbocycles. The first-order chi connectivity index (χ1) is 12.6. The van der Waals surface area contributed by atoms with Crippen LogP contribution in [-0.2, 0) is 6.54 Å². The molecule has 0 saturated carbocycles. The molecular formula is C21H22BrN3O. The van der Waals surface area contributed by atoms with Gasteiger partial charge in [-0.2, -0.15) is 5.10 Å². The Morgan fingerprint density at radius 2 is 1.62 bits per heavy atom. The van der Waals surface area contributed by atoms with Crippen molar-refractivity contribution in [1.29, 1.82) is 0 Å². The number of halogens is 1. The van der Waals surface area contributed by atoms with Crippen molar-refractivity contribution in [3.8, 4) is 0 Å². The summed E-state index contributed by atoms with van der Waals surface area (Å²) in [7, 11) is 0. The fraction of sp³-hybridized carbons (Fsp3) is 0.238. The van der Waals surface area contributed by atoms with Gasteiger partial charge in [0.15, 0.2) is 0 Å². The average Bonchev–Trinajstić information content (AvgIpc) is 2.97. The average molecular weight is 412 g/mol. The predicted molar refractivity (Wildman–Crippen MR) is 107 cm³/mol. The Labute approximate surface area is 162 Å². The van der Waals surface area contributed by atoms with Crippen molar-refractivity contribution in [1.82, 2.24) is 15.1 Å². The van der Waals surface area contributed by atoms with Gasteiger partial charge in [0.1, 0.15) is 5.69 Å². The van der Waals surface area contributed by atoms with E-state index in [0.29, 0.717) is 18.8 Å². The lowest BCUT2D eigenvalue weighted by Gasteiger charge is -2.19. The molecule has 4 nitrogen and oxygen atoms in total. The summed E-state index contributed by atoms with van der Waals surface area (Å²) in [5.41, 5.74) is 3.75. The number of amides is 1. The van der Waals surface area contributed by atoms with E-state index in [1.807, 2.05) is 50.2 Å². The third-order valence-corrected chi connectivity index (χ3v) is 5.39. The van der Waals surface area contributed by atoms with Gasteiger partial charge < -0.3 is 5.32 Å². The van der Waals surface area contributed by atoms with Crippen LogP contribution in [0.15, 0.2) is 65.1 Å². The maximum absolute atomic E-state index is 12.8. The van der Waals surface area contributed by atoms with Crippen molar-refractivity contribution in [3.63, 3.8) is 0 Å². The van der Waals surface area contributed by atoms with Gasteiger partial charge in [-0.15, -0.1) is 0 Å². The number of rotatable bonds is 6. The van der Waals surface area contributed by atoms with E-state index >= 15 is 0 Å². The normalized spacial score (nSPS) is 10.9. The molecule has 1 aromatic heterocycles. The molecule has 0 bridgehead atoms. The van der Waals surface area contributed by atoms with Gasteiger partial charge in [-0.25, -0.2) is 0 Å². The monoisotopic (exact) mass is 411 g/mol. The SMILES string of the molecule is CCn1nc(C)c(Br)c1C(=O)NCC(c1ccccc1)c1ccccc1. The van der Waals surface area contributed by atoms with Crippen LogP contribution in [0.25, 0.3) is 0 Å². The quantitative estimate of drug-likeness (QED) is 0.647. The van der Waals surface area contributed by atoms with Crippen LogP contribution in [0.5, 0.6) is 0 Å². The summed E-state index contributed by atoms with van der Waals surface area (Å²) in [5.74, 6) is -0.0181. The minimum absolute atomic E-state index is 0.0965. The van der Waals surface area contributed by atoms with Crippen LogP contribution in [0.2, 0.25) is 0 Å². The summed E-state index contributed by atoms with van der Waals surface area (Å²) in [5, 5.41) is 7.50. The lowest BCUT2D eigenvalue weighted by atomic mass is 9.91. The third kappa shape index (κ3) is 3.88. The molecule has 134 valence electrons. The molecule has 0 atom stereocenters. The summed E-state index contributed by atoms with van der Waals surface area (Å²) in [6.07, 6.45) is 0. The summed E-state index contributed by atoms with van der Waals surface area (Å²) < 4.78 is 2.49. The number of benzene rings is 2. The summed E-state index contributed by atoms with van der Waals surface area (Å²) in [6, 6.07) is 20.5. The number of hydrogen-bond donors (Lipinski definition) is 1. The predicted octanol–water partition coefficient (Wildman–Crippen LogP) is 4.54. The number of carbonyl (C=O) groups excluding carboxylic acids is 1. The molecular weight excluding hydrogens is 390 g/mol. The molecule has 1 heterocycles. The standard InChI is InChI=1S/C21H22BrN3O/c1-3-25-20(19(22)15(2)24-25)21(26)23-14-18(16-10-6-4-7-11-16)17-12-8-5-9-13-17/h4-13,18H,3,14H2,1-2H3,(H,23,26). The van der Waals surface area contributed by atoms with Crippen molar-refractivity contribution in [2.24, 2.45) is 0 Å². The Bertz CT molecular complexity index is 836. The molecule has 0 radical (unpaired) electrons. The minimum Gasteiger partial charge on any atom is -0.350 e. The number of hydrogen-bond acceptors (Lipinski definition) is 2. The summed E-state index contributed by atoms with van der Waals surface area (Å²) in [6.45, 7) is 5.04. The van der Waals surface area contributed by atoms with E-state index in [1.165, 1.54) is 11.1 Å². The first-order valence-corrected chi connectivity index (χ1v) is 9.52. The molecule has 0 unspecified atom stereocenters. The Kier molecular flexibility index (Phi) is 5.89. The second-order valence-corrected chi connectivity index (χ2v) is 6.94. The zero-order chi connectivity index (χ0) is 18.5. The largest absolute Gasteiger partial charge is 0.350 e. The third-order valence-electron chi connectivity index (χ3n) is 4.44. The van der Waals surface area contributed by atoms with Crippen LogP contribution in [0.4, 0.5) is 0 Å². The lowest BCUT2D eigenvalue weighted by molar-refractivity contribution is 0.0941. The first-order valence-electron chi connectivity index (χ1n) is 8.72. The van der Waals surface area contributed by atoms with Crippen LogP contribution >= 0.6 is 15.9 Å². The molecule has 5 heteroatoms. The zero-order valence-electron chi connectivity index (χ0n) is 14.9. The highest BCUT2D eigenvalue weighted by Gasteiger charge is 2.21. The van der Waals surface area contributed by atoms with E-state index in [9.17, 15) is 4.79 Å². The van der Waals surface area contributed by atoms with E-state index in [-0.39, 0.29) is 11.8 Å². The van der Waals surface area contributed by atoms with Crippen molar-refractivity contribution < 1.29 is 4.79 Å². The second-order valence-electron chi connectivity index (χ2n) is 6.15. The van der Waals surface area contributed by atoms with Gasteiger partial charge in [0.25, 0.3) is 5.91 Å². The number of nitrogens with one attached hydrogen (secondary N) is 1. The van der Waals surface area contributed by atoms with Gasteiger partial charge in [-0.3, -0.25) is 9.48 Å². The van der Waals surface area contributed by atoms with Gasteiger partial charge in [-0.1, -0.05) is 60.7 Å². The highest BCUT2D eigenvalue weighted by Crippen LogP contribution is 2.25. The highest BCUT2D eigenvalue weighted by atomic mass is 79.9. The van der Waals surface area contributed by atoms with Crippen LogP contribution in [0, 0.1) is 6.92 Å². The molecule has 3 rings (SSSR count). The second kappa shape index (κ2) is 8.32. The zero-order valence-corrected chi connectivity index (χ0v) is 16.5. The molecule has 1 amide bonds. The maximum atomic E-state index is 12.8. The van der Waals surface area contributed by atoms with Crippen molar-refractivity contribution in [2.45, 2.75) is 26.3 Å². The van der Waals surface area contributed by atoms with Crippen LogP contribution in [0.3, 0.4) is 0 Å². The molecule has 0 fully saturated rings. The Morgan fingerprint density at radius 3 is 2.12 bits per heavy atom. The lowest BCUT2D eigenvalue weighted by Crippen LogP contribution is -2.31. The Balaban J connectivity index is 1.84. The van der Waals surface area contributed by atoms with Gasteiger partial charge in [-0.05, 0) is 40.9 Å². The molecule has 1 N–H and O–H groups in total. The number of carbonyl (C=O) groups is 1. The number of nitrogens with zero attached hydrogens (tertiary/aromatic N) is 2. The van der Waals surface area contributed by atoms with E-state index in [0.717, 1.165) is 10.2 Å². The van der Waals surface area contributed by atoms with Crippen molar-refractivity contribution in [3.05, 3.63) is 87.7 Å². The molecule has 0 saturated heterocycles. The Morgan fingerprint density at radius 1 is 1.08 bits per heavy atom. The van der Waals surface area contributed by atoms with E-state index in [4.69, 9.17) is 0 Å². The minimum atomic E-state index is -0.115. The van der Waals surface area contributed by atoms with Crippen LogP contribution in [-0.4, -0.2) is 22.2 Å². The van der Waals surface area contributed by atoms with Crippen LogP contribution < -0.4 is 5.32 Å². The van der Waals surface area contributed by atoms with E-state index < -0.39 is 0 Å². The van der Waals surface area contributed by atoms with Gasteiger partial charge in [0.2, 0.25) is 0 Å². The molecule has 0 aliphatic carbocycles. The maximum Gasteiger partial charge on any atom is 0.270 e. The molecule has 0 aliphatic heterocycles. The molecule has 26 heavy (non-hydrogen) atoms. The van der Waals surface area contributed by atoms with Crippen molar-refractivity contribution >= 4 is 21.8 Å². The van der Waals surface area contributed by atoms with E-state index in [2.05, 4.69) is 50.6 Å². The Hall–Kier alpha value is -2.40. The molecule has 0 spiro atoms. The number of aryl methyl sites for hydroxylation is 2. The molecule has 0 aliphatic rings. The highest BCUT2D eigenvalue weighted by molar-refractivity contribution is 9.10. The van der Waals surface area contributed by atoms with Gasteiger partial charge in [0, 0.05) is 19.0 Å². The van der Waals surface area contributed by atoms with Gasteiger partial charge >= 0.3 is 0 Å². The van der Waals surface area contributed by atoms with Crippen molar-refractivity contribution in [2.75, 3.05) is 6.54 Å². The molecule has 3 aromatic rings. The first kappa shape index (κ1) is 18.4. The summed E-state index contributed by atoms with van der Waals surface area (Å²) >= 11 is 3.50. The topological polar surface area (TPSA) is 46.9 Å². The fourth-order valence-electron chi connectivity index (χ4n) is 3.08. The smallest absolute Gasteiger partial charge is 0.270 e.